The number of alkyl halides is 3. The molecule has 0 aliphatic rings. The number of hydrogen-bond donors (Lipinski definition) is 1. The Hall–Kier alpha value is -1.79. The molecular formula is C14H9ClF4O2. The lowest BCUT2D eigenvalue weighted by atomic mass is 10.0. The molecular weight excluding hydrogens is 312 g/mol. The van der Waals surface area contributed by atoms with Crippen molar-refractivity contribution in [2.24, 2.45) is 0 Å². The van der Waals surface area contributed by atoms with Gasteiger partial charge in [-0.3, -0.25) is 0 Å². The van der Waals surface area contributed by atoms with Crippen molar-refractivity contribution >= 4 is 11.6 Å². The summed E-state index contributed by atoms with van der Waals surface area (Å²) in [6, 6.07) is 8.24. The monoisotopic (exact) mass is 320 g/mol. The second-order valence-electron chi connectivity index (χ2n) is 4.23. The van der Waals surface area contributed by atoms with Crippen LogP contribution in [0.1, 0.15) is 17.2 Å². The van der Waals surface area contributed by atoms with Crippen molar-refractivity contribution in [1.82, 2.24) is 0 Å². The van der Waals surface area contributed by atoms with Crippen LogP contribution in [0.25, 0.3) is 0 Å². The SMILES string of the molecule is OC(c1cc(F)cc(Cl)c1)c1cccc(OC(F)(F)F)c1. The van der Waals surface area contributed by atoms with Crippen molar-refractivity contribution in [3.05, 3.63) is 64.4 Å². The molecule has 0 amide bonds. The van der Waals surface area contributed by atoms with E-state index in [1.807, 2.05) is 0 Å². The largest absolute Gasteiger partial charge is 0.573 e. The van der Waals surface area contributed by atoms with Crippen LogP contribution in [-0.4, -0.2) is 11.5 Å². The van der Waals surface area contributed by atoms with Gasteiger partial charge in [-0.25, -0.2) is 4.39 Å². The zero-order valence-electron chi connectivity index (χ0n) is 10.4. The summed E-state index contributed by atoms with van der Waals surface area (Å²) in [4.78, 5) is 0. The first-order valence-corrected chi connectivity index (χ1v) is 6.12. The van der Waals surface area contributed by atoms with E-state index in [2.05, 4.69) is 4.74 Å². The maximum atomic E-state index is 13.2. The molecule has 0 spiro atoms. The highest BCUT2D eigenvalue weighted by molar-refractivity contribution is 6.30. The Labute approximate surface area is 122 Å². The van der Waals surface area contributed by atoms with Gasteiger partial charge in [-0.2, -0.15) is 0 Å². The fourth-order valence-corrected chi connectivity index (χ4v) is 2.04. The standard InChI is InChI=1S/C14H9ClF4O2/c15-10-4-9(5-11(16)7-10)13(20)8-2-1-3-12(6-8)21-14(17,18)19/h1-7,13,20H. The summed E-state index contributed by atoms with van der Waals surface area (Å²) in [6.45, 7) is 0. The van der Waals surface area contributed by atoms with Crippen molar-refractivity contribution < 1.29 is 27.4 Å². The minimum atomic E-state index is -4.83. The first-order valence-electron chi connectivity index (χ1n) is 5.74. The van der Waals surface area contributed by atoms with Crippen molar-refractivity contribution in [3.8, 4) is 5.75 Å². The molecule has 2 rings (SSSR count). The average molecular weight is 321 g/mol. The van der Waals surface area contributed by atoms with Crippen molar-refractivity contribution in [2.75, 3.05) is 0 Å². The Kier molecular flexibility index (Phi) is 4.39. The van der Waals surface area contributed by atoms with Gasteiger partial charge in [0.25, 0.3) is 0 Å². The molecule has 112 valence electrons. The van der Waals surface area contributed by atoms with Gasteiger partial charge >= 0.3 is 6.36 Å². The lowest BCUT2D eigenvalue weighted by Gasteiger charge is -2.14. The third-order valence-corrected chi connectivity index (χ3v) is 2.83. The summed E-state index contributed by atoms with van der Waals surface area (Å²) >= 11 is 5.68. The smallest absolute Gasteiger partial charge is 0.406 e. The van der Waals surface area contributed by atoms with E-state index in [0.29, 0.717) is 0 Å². The minimum absolute atomic E-state index is 0.0757. The molecule has 0 heterocycles. The molecule has 0 saturated heterocycles. The van der Waals surface area contributed by atoms with E-state index in [-0.39, 0.29) is 16.1 Å². The second kappa shape index (κ2) is 5.91. The summed E-state index contributed by atoms with van der Waals surface area (Å²) in [5, 5.41) is 10.2. The number of rotatable bonds is 3. The van der Waals surface area contributed by atoms with E-state index >= 15 is 0 Å². The number of aliphatic hydroxyl groups excluding tert-OH is 1. The number of benzene rings is 2. The molecule has 0 bridgehead atoms. The Balaban J connectivity index is 2.30. The zero-order valence-corrected chi connectivity index (χ0v) is 11.1. The van der Waals surface area contributed by atoms with Crippen molar-refractivity contribution in [3.63, 3.8) is 0 Å². The predicted octanol–water partition coefficient (Wildman–Crippen LogP) is 4.46. The van der Waals surface area contributed by atoms with Crippen LogP contribution < -0.4 is 4.74 Å². The first kappa shape index (κ1) is 15.6. The fraction of sp³-hybridized carbons (Fsp3) is 0.143. The minimum Gasteiger partial charge on any atom is -0.406 e. The Morgan fingerprint density at radius 3 is 2.38 bits per heavy atom. The molecule has 0 aliphatic carbocycles. The summed E-state index contributed by atoms with van der Waals surface area (Å²) in [5.74, 6) is -1.12. The van der Waals surface area contributed by atoms with Gasteiger partial charge in [0.15, 0.2) is 0 Å². The molecule has 0 radical (unpaired) electrons. The molecule has 2 aromatic carbocycles. The maximum Gasteiger partial charge on any atom is 0.573 e. The molecule has 1 N–H and O–H groups in total. The molecule has 1 atom stereocenters. The molecule has 2 aromatic rings. The number of halogens is 5. The molecule has 21 heavy (non-hydrogen) atoms. The van der Waals surface area contributed by atoms with Gasteiger partial charge in [-0.1, -0.05) is 23.7 Å². The fourth-order valence-electron chi connectivity index (χ4n) is 1.81. The highest BCUT2D eigenvalue weighted by Crippen LogP contribution is 2.29. The molecule has 0 saturated carbocycles. The summed E-state index contributed by atoms with van der Waals surface area (Å²) in [7, 11) is 0. The highest BCUT2D eigenvalue weighted by atomic mass is 35.5. The van der Waals surface area contributed by atoms with Gasteiger partial charge < -0.3 is 9.84 Å². The van der Waals surface area contributed by atoms with Gasteiger partial charge in [-0.05, 0) is 41.5 Å². The topological polar surface area (TPSA) is 29.5 Å². The summed E-state index contributed by atoms with van der Waals surface area (Å²) < 4.78 is 53.5. The van der Waals surface area contributed by atoms with Crippen molar-refractivity contribution in [2.45, 2.75) is 12.5 Å². The van der Waals surface area contributed by atoms with Crippen LogP contribution in [0.4, 0.5) is 17.6 Å². The highest BCUT2D eigenvalue weighted by Gasteiger charge is 2.31. The molecule has 0 aliphatic heterocycles. The molecule has 2 nitrogen and oxygen atoms in total. The zero-order chi connectivity index (χ0) is 15.6. The van der Waals surface area contributed by atoms with E-state index in [0.717, 1.165) is 24.3 Å². The van der Waals surface area contributed by atoms with E-state index in [4.69, 9.17) is 11.6 Å². The van der Waals surface area contributed by atoms with Gasteiger partial charge in [0.2, 0.25) is 0 Å². The number of ether oxygens (including phenoxy) is 1. The quantitative estimate of drug-likeness (QED) is 0.846. The van der Waals surface area contributed by atoms with E-state index in [9.17, 15) is 22.7 Å². The predicted molar refractivity (Wildman–Crippen MR) is 68.6 cm³/mol. The van der Waals surface area contributed by atoms with Crippen molar-refractivity contribution in [1.29, 1.82) is 0 Å². The number of hydrogen-bond acceptors (Lipinski definition) is 2. The van der Waals surface area contributed by atoms with Crippen LogP contribution in [0, 0.1) is 5.82 Å². The third kappa shape index (κ3) is 4.34. The normalized spacial score (nSPS) is 13.0. The van der Waals surface area contributed by atoms with Crippen LogP contribution in [0.5, 0.6) is 5.75 Å². The van der Waals surface area contributed by atoms with Gasteiger partial charge in [0, 0.05) is 5.02 Å². The Morgan fingerprint density at radius 1 is 1.05 bits per heavy atom. The van der Waals surface area contributed by atoms with Gasteiger partial charge in [0.1, 0.15) is 17.7 Å². The summed E-state index contributed by atoms with van der Waals surface area (Å²) in [5.41, 5.74) is 0.252. The van der Waals surface area contributed by atoms with Crippen LogP contribution in [0.15, 0.2) is 42.5 Å². The van der Waals surface area contributed by atoms with Crippen LogP contribution in [0.3, 0.4) is 0 Å². The first-order chi connectivity index (χ1) is 9.74. The number of aliphatic hydroxyl groups is 1. The average Bonchev–Trinajstić information content (AvgIpc) is 2.35. The molecule has 7 heteroatoms. The molecule has 0 aromatic heterocycles. The van der Waals surface area contributed by atoms with Crippen LogP contribution >= 0.6 is 11.6 Å². The summed E-state index contributed by atoms with van der Waals surface area (Å²) in [6.07, 6.45) is -6.15. The second-order valence-corrected chi connectivity index (χ2v) is 4.66. The van der Waals surface area contributed by atoms with E-state index in [1.54, 1.807) is 0 Å². The Morgan fingerprint density at radius 2 is 1.76 bits per heavy atom. The van der Waals surface area contributed by atoms with Crippen LogP contribution in [-0.2, 0) is 0 Å². The van der Waals surface area contributed by atoms with E-state index in [1.165, 1.54) is 18.2 Å². The molecule has 1 unspecified atom stereocenters. The van der Waals surface area contributed by atoms with Gasteiger partial charge in [-0.15, -0.1) is 13.2 Å². The van der Waals surface area contributed by atoms with E-state index < -0.39 is 24.0 Å². The third-order valence-electron chi connectivity index (χ3n) is 2.61. The van der Waals surface area contributed by atoms with Crippen LogP contribution in [0.2, 0.25) is 5.02 Å². The lowest BCUT2D eigenvalue weighted by Crippen LogP contribution is -2.17. The maximum absolute atomic E-state index is 13.2. The Bertz CT molecular complexity index is 623. The van der Waals surface area contributed by atoms with Gasteiger partial charge in [0.05, 0.1) is 0 Å². The lowest BCUT2D eigenvalue weighted by molar-refractivity contribution is -0.274. The molecule has 0 fully saturated rings.